The molecule has 0 amide bonds. The van der Waals surface area contributed by atoms with Crippen molar-refractivity contribution in [2.24, 2.45) is 0 Å². The summed E-state index contributed by atoms with van der Waals surface area (Å²) in [6, 6.07) is 7.73. The molecular formula is C15H18BrNO3. The molecule has 0 saturated carbocycles. The van der Waals surface area contributed by atoms with Gasteiger partial charge in [0, 0.05) is 0 Å². The summed E-state index contributed by atoms with van der Waals surface area (Å²) in [5, 5.41) is 3.23. The van der Waals surface area contributed by atoms with Crippen molar-refractivity contribution in [1.29, 1.82) is 0 Å². The molecule has 0 unspecified atom stereocenters. The van der Waals surface area contributed by atoms with Gasteiger partial charge in [-0.25, -0.2) is 0 Å². The van der Waals surface area contributed by atoms with E-state index in [0.29, 0.717) is 5.75 Å². The minimum atomic E-state index is 0.703. The molecule has 2 rings (SSSR count). The van der Waals surface area contributed by atoms with E-state index in [1.165, 1.54) is 0 Å². The molecule has 0 saturated heterocycles. The summed E-state index contributed by atoms with van der Waals surface area (Å²) in [6.45, 7) is 3.69. The molecule has 0 bridgehead atoms. The maximum absolute atomic E-state index is 5.84. The van der Waals surface area contributed by atoms with Crippen LogP contribution in [0.1, 0.15) is 12.7 Å². The van der Waals surface area contributed by atoms with Gasteiger partial charge < -0.3 is 19.2 Å². The molecule has 0 aliphatic heterocycles. The summed E-state index contributed by atoms with van der Waals surface area (Å²) in [6.07, 6.45) is 0. The molecule has 0 fully saturated rings. The van der Waals surface area contributed by atoms with Gasteiger partial charge in [-0.15, -0.1) is 0 Å². The van der Waals surface area contributed by atoms with E-state index in [1.807, 2.05) is 24.3 Å². The van der Waals surface area contributed by atoms with E-state index in [0.717, 1.165) is 40.4 Å². The normalized spacial score (nSPS) is 10.6. The van der Waals surface area contributed by atoms with Crippen LogP contribution < -0.4 is 14.8 Å². The summed E-state index contributed by atoms with van der Waals surface area (Å²) >= 11 is 3.49. The van der Waals surface area contributed by atoms with Crippen molar-refractivity contribution in [3.05, 3.63) is 34.5 Å². The van der Waals surface area contributed by atoms with Crippen molar-refractivity contribution in [3.63, 3.8) is 0 Å². The van der Waals surface area contributed by atoms with Gasteiger partial charge in [-0.1, -0.05) is 6.92 Å². The van der Waals surface area contributed by atoms with Crippen molar-refractivity contribution >= 4 is 15.9 Å². The molecule has 0 spiro atoms. The Hall–Kier alpha value is -1.46. The van der Waals surface area contributed by atoms with Gasteiger partial charge >= 0.3 is 0 Å². The predicted molar refractivity (Wildman–Crippen MR) is 82.3 cm³/mol. The first kappa shape index (κ1) is 14.9. The zero-order valence-corrected chi connectivity index (χ0v) is 13.4. The minimum absolute atomic E-state index is 0.703. The summed E-state index contributed by atoms with van der Waals surface area (Å²) in [4.78, 5) is 0. The second-order valence-electron chi connectivity index (χ2n) is 4.21. The fourth-order valence-electron chi connectivity index (χ4n) is 1.96. The SMILES string of the molecule is CCNCc1ccc(-c2ccc(OC)c(Br)c2OC)o1. The van der Waals surface area contributed by atoms with Crippen LogP contribution in [0.4, 0.5) is 0 Å². The van der Waals surface area contributed by atoms with Crippen LogP contribution in [0.3, 0.4) is 0 Å². The van der Waals surface area contributed by atoms with Gasteiger partial charge in [0.2, 0.25) is 0 Å². The molecular weight excluding hydrogens is 322 g/mol. The Kier molecular flexibility index (Phi) is 5.09. The lowest BCUT2D eigenvalue weighted by Gasteiger charge is -2.11. The first-order valence-corrected chi connectivity index (χ1v) is 7.20. The third-order valence-electron chi connectivity index (χ3n) is 2.96. The number of halogens is 1. The predicted octanol–water partition coefficient (Wildman–Crippen LogP) is 3.84. The Balaban J connectivity index is 2.37. The van der Waals surface area contributed by atoms with Crippen LogP contribution in [-0.4, -0.2) is 20.8 Å². The summed E-state index contributed by atoms with van der Waals surface area (Å²) in [5.74, 6) is 3.10. The zero-order chi connectivity index (χ0) is 14.5. The molecule has 1 aromatic heterocycles. The highest BCUT2D eigenvalue weighted by Crippen LogP contribution is 2.42. The number of rotatable bonds is 6. The standard InChI is InChI=1S/C15H18BrNO3/c1-4-17-9-10-5-7-12(20-10)11-6-8-13(18-2)14(16)15(11)19-3/h5-8,17H,4,9H2,1-3H3. The molecule has 5 heteroatoms. The minimum Gasteiger partial charge on any atom is -0.495 e. The van der Waals surface area contributed by atoms with Crippen LogP contribution in [0.15, 0.2) is 33.2 Å². The molecule has 108 valence electrons. The number of nitrogens with one attached hydrogen (secondary N) is 1. The Morgan fingerprint density at radius 3 is 2.60 bits per heavy atom. The molecule has 1 aromatic carbocycles. The highest BCUT2D eigenvalue weighted by molar-refractivity contribution is 9.10. The first-order chi connectivity index (χ1) is 9.71. The first-order valence-electron chi connectivity index (χ1n) is 6.41. The topological polar surface area (TPSA) is 43.6 Å². The van der Waals surface area contributed by atoms with Gasteiger partial charge in [0.25, 0.3) is 0 Å². The maximum Gasteiger partial charge on any atom is 0.147 e. The van der Waals surface area contributed by atoms with E-state index in [9.17, 15) is 0 Å². The number of furan rings is 1. The average Bonchev–Trinajstić information content (AvgIpc) is 2.93. The molecule has 0 radical (unpaired) electrons. The van der Waals surface area contributed by atoms with Gasteiger partial charge in [0.1, 0.15) is 27.5 Å². The van der Waals surface area contributed by atoms with Crippen molar-refractivity contribution in [3.8, 4) is 22.8 Å². The van der Waals surface area contributed by atoms with Crippen molar-refractivity contribution < 1.29 is 13.9 Å². The Morgan fingerprint density at radius 2 is 1.95 bits per heavy atom. The third kappa shape index (κ3) is 2.99. The van der Waals surface area contributed by atoms with E-state index in [1.54, 1.807) is 14.2 Å². The Bertz CT molecular complexity index is 580. The molecule has 0 atom stereocenters. The van der Waals surface area contributed by atoms with E-state index >= 15 is 0 Å². The molecule has 2 aromatic rings. The quantitative estimate of drug-likeness (QED) is 0.868. The van der Waals surface area contributed by atoms with Crippen LogP contribution >= 0.6 is 15.9 Å². The molecule has 1 N–H and O–H groups in total. The number of methoxy groups -OCH3 is 2. The van der Waals surface area contributed by atoms with Crippen LogP contribution in [0.25, 0.3) is 11.3 Å². The number of ether oxygens (including phenoxy) is 2. The largest absolute Gasteiger partial charge is 0.495 e. The van der Waals surface area contributed by atoms with E-state index in [4.69, 9.17) is 13.9 Å². The number of benzene rings is 1. The second-order valence-corrected chi connectivity index (χ2v) is 5.00. The second kappa shape index (κ2) is 6.81. The van der Waals surface area contributed by atoms with E-state index < -0.39 is 0 Å². The molecule has 20 heavy (non-hydrogen) atoms. The van der Waals surface area contributed by atoms with Crippen LogP contribution in [0, 0.1) is 0 Å². The molecule has 0 aliphatic rings. The van der Waals surface area contributed by atoms with Gasteiger partial charge in [0.05, 0.1) is 26.3 Å². The molecule has 1 heterocycles. The Labute approximate surface area is 127 Å². The summed E-state index contributed by atoms with van der Waals surface area (Å²) in [7, 11) is 3.26. The van der Waals surface area contributed by atoms with Crippen molar-refractivity contribution in [2.75, 3.05) is 20.8 Å². The van der Waals surface area contributed by atoms with Crippen LogP contribution in [0.5, 0.6) is 11.5 Å². The average molecular weight is 340 g/mol. The van der Waals surface area contributed by atoms with E-state index in [-0.39, 0.29) is 0 Å². The highest BCUT2D eigenvalue weighted by Gasteiger charge is 2.16. The number of hydrogen-bond acceptors (Lipinski definition) is 4. The van der Waals surface area contributed by atoms with Gasteiger partial charge in [-0.3, -0.25) is 0 Å². The molecule has 4 nitrogen and oxygen atoms in total. The maximum atomic E-state index is 5.84. The van der Waals surface area contributed by atoms with Crippen LogP contribution in [-0.2, 0) is 6.54 Å². The molecule has 0 aliphatic carbocycles. The lowest BCUT2D eigenvalue weighted by Crippen LogP contribution is -2.10. The fourth-order valence-corrected chi connectivity index (χ4v) is 2.62. The van der Waals surface area contributed by atoms with Crippen molar-refractivity contribution in [2.45, 2.75) is 13.5 Å². The van der Waals surface area contributed by atoms with Gasteiger partial charge in [-0.05, 0) is 46.7 Å². The van der Waals surface area contributed by atoms with Crippen LogP contribution in [0.2, 0.25) is 0 Å². The summed E-state index contributed by atoms with van der Waals surface area (Å²) < 4.78 is 17.4. The van der Waals surface area contributed by atoms with E-state index in [2.05, 4.69) is 28.2 Å². The smallest absolute Gasteiger partial charge is 0.147 e. The highest BCUT2D eigenvalue weighted by atomic mass is 79.9. The van der Waals surface area contributed by atoms with Gasteiger partial charge in [0.15, 0.2) is 0 Å². The monoisotopic (exact) mass is 339 g/mol. The Morgan fingerprint density at radius 1 is 1.15 bits per heavy atom. The lowest BCUT2D eigenvalue weighted by atomic mass is 10.1. The zero-order valence-electron chi connectivity index (χ0n) is 11.8. The third-order valence-corrected chi connectivity index (χ3v) is 3.71. The lowest BCUT2D eigenvalue weighted by molar-refractivity contribution is 0.389. The summed E-state index contributed by atoms with van der Waals surface area (Å²) in [5.41, 5.74) is 0.892. The van der Waals surface area contributed by atoms with Gasteiger partial charge in [-0.2, -0.15) is 0 Å². The fraction of sp³-hybridized carbons (Fsp3) is 0.333. The van der Waals surface area contributed by atoms with Crippen molar-refractivity contribution in [1.82, 2.24) is 5.32 Å². The number of hydrogen-bond donors (Lipinski definition) is 1.